The Morgan fingerprint density at radius 3 is 0.797 bits per heavy atom. The number of benzene rings is 11. The molecule has 0 fully saturated rings. The van der Waals surface area contributed by atoms with Crippen LogP contribution in [0.4, 0.5) is 34.1 Å². The van der Waals surface area contributed by atoms with Crippen molar-refractivity contribution in [2.24, 2.45) is 0 Å². The van der Waals surface area contributed by atoms with Crippen molar-refractivity contribution in [1.82, 2.24) is 0 Å². The summed E-state index contributed by atoms with van der Waals surface area (Å²) in [6.07, 6.45) is 0. The summed E-state index contributed by atoms with van der Waals surface area (Å²) >= 11 is 15.1. The minimum absolute atomic E-state index is 0.313. The zero-order valence-corrected chi connectivity index (χ0v) is 43.1. The van der Waals surface area contributed by atoms with Gasteiger partial charge in [-0.25, -0.2) is 0 Å². The van der Waals surface area contributed by atoms with Gasteiger partial charge >= 0.3 is 0 Å². The van der Waals surface area contributed by atoms with Crippen LogP contribution in [0, 0.1) is 0 Å². The lowest BCUT2D eigenvalue weighted by Crippen LogP contribution is -2.19. The van der Waals surface area contributed by atoms with Gasteiger partial charge < -0.3 is 9.80 Å². The smallest absolute Gasteiger partial charge is 0.0648 e. The highest BCUT2D eigenvalue weighted by Crippen LogP contribution is 2.54. The molecule has 0 aliphatic rings. The van der Waals surface area contributed by atoms with E-state index >= 15 is 0 Å². The van der Waals surface area contributed by atoms with Gasteiger partial charge in [-0.2, -0.15) is 0 Å². The van der Waals surface area contributed by atoms with Crippen molar-refractivity contribution in [3.8, 4) is 66.8 Å². The minimum atomic E-state index is -0.313. The molecule has 0 N–H and O–H groups in total. The molecule has 11 aromatic rings. The summed E-state index contributed by atoms with van der Waals surface area (Å²) in [7, 11) is 0. The second-order valence-electron chi connectivity index (χ2n) is 19.6. The van der Waals surface area contributed by atoms with E-state index in [1.807, 2.05) is 24.3 Å². The Balaban J connectivity index is 1.29. The van der Waals surface area contributed by atoms with Gasteiger partial charge in [0.2, 0.25) is 0 Å². The lowest BCUT2D eigenvalue weighted by molar-refractivity contribution is 0.590. The fraction of sp³-hybridized carbons (Fsp3) is 0.0571. The van der Waals surface area contributed by atoms with E-state index in [2.05, 4.69) is 279 Å². The second kappa shape index (κ2) is 21.0. The number of para-hydroxylation sites is 2. The molecule has 0 saturated heterocycles. The van der Waals surface area contributed by atoms with Gasteiger partial charge in [-0.05, 0) is 122 Å². The van der Waals surface area contributed by atoms with Crippen LogP contribution in [0.25, 0.3) is 66.8 Å². The average molecular weight is 994 g/mol. The monoisotopic (exact) mass is 992 g/mol. The molecule has 74 heavy (non-hydrogen) atoms. The van der Waals surface area contributed by atoms with Crippen molar-refractivity contribution in [2.75, 3.05) is 9.80 Å². The third-order valence-electron chi connectivity index (χ3n) is 13.7. The molecule has 2 nitrogen and oxygen atoms in total. The van der Waals surface area contributed by atoms with Crippen molar-refractivity contribution in [1.29, 1.82) is 0 Å². The predicted octanol–water partition coefficient (Wildman–Crippen LogP) is 21.2. The quantitative estimate of drug-likeness (QED) is 0.120. The maximum atomic E-state index is 7.56. The molecule has 0 heterocycles. The highest BCUT2D eigenvalue weighted by molar-refractivity contribution is 6.34. The highest BCUT2D eigenvalue weighted by Gasteiger charge is 2.30. The van der Waals surface area contributed by atoms with E-state index in [0.717, 1.165) is 106 Å². The van der Waals surface area contributed by atoms with Crippen LogP contribution in [0.15, 0.2) is 273 Å². The van der Waals surface area contributed by atoms with Gasteiger partial charge in [0.25, 0.3) is 0 Å². The van der Waals surface area contributed by atoms with Gasteiger partial charge in [0, 0.05) is 33.6 Å². The molecule has 4 heteroatoms. The van der Waals surface area contributed by atoms with Crippen LogP contribution in [0.2, 0.25) is 10.0 Å². The van der Waals surface area contributed by atoms with Crippen molar-refractivity contribution in [2.45, 2.75) is 26.2 Å². The Morgan fingerprint density at radius 1 is 0.270 bits per heavy atom. The summed E-state index contributed by atoms with van der Waals surface area (Å²) in [6.45, 7) is 6.86. The minimum Gasteiger partial charge on any atom is -0.308 e. The summed E-state index contributed by atoms with van der Waals surface area (Å²) in [6, 6.07) is 97.0. The van der Waals surface area contributed by atoms with Crippen LogP contribution in [-0.4, -0.2) is 0 Å². The molecule has 0 amide bonds. The van der Waals surface area contributed by atoms with E-state index in [1.165, 1.54) is 0 Å². The van der Waals surface area contributed by atoms with Crippen molar-refractivity contribution >= 4 is 57.3 Å². The van der Waals surface area contributed by atoms with Crippen LogP contribution in [0.3, 0.4) is 0 Å². The lowest BCUT2D eigenvalue weighted by Gasteiger charge is -2.36. The summed E-state index contributed by atoms with van der Waals surface area (Å²) in [5, 5.41) is 1.25. The predicted molar refractivity (Wildman–Crippen MR) is 317 cm³/mol. The van der Waals surface area contributed by atoms with Crippen LogP contribution >= 0.6 is 23.2 Å². The molecule has 0 unspecified atom stereocenters. The van der Waals surface area contributed by atoms with Crippen molar-refractivity contribution in [3.63, 3.8) is 0 Å². The van der Waals surface area contributed by atoms with Gasteiger partial charge in [-0.3, -0.25) is 0 Å². The Labute approximate surface area is 446 Å². The summed E-state index contributed by atoms with van der Waals surface area (Å²) in [4.78, 5) is 4.78. The number of hydrogen-bond acceptors (Lipinski definition) is 2. The number of hydrogen-bond donors (Lipinski definition) is 0. The lowest BCUT2D eigenvalue weighted by atomic mass is 9.85. The molecule has 0 radical (unpaired) electrons. The molecular formula is C70H54Cl2N2. The SMILES string of the molecule is CC(C)(C)c1cc(N(c2ccccc2Cl)c2c(-c3ccccc3)cc(-c3ccccc3)cc2-c2ccccc2)cc(N(c2ccccc2Cl)c2c(-c3ccccc3)cc(-c3ccccc3)cc2-c2ccccc2)c1. The summed E-state index contributed by atoms with van der Waals surface area (Å²) in [5.74, 6) is 0. The van der Waals surface area contributed by atoms with Crippen LogP contribution in [0.5, 0.6) is 0 Å². The van der Waals surface area contributed by atoms with Gasteiger partial charge in [0.1, 0.15) is 0 Å². The maximum Gasteiger partial charge on any atom is 0.0648 e. The molecule has 0 aliphatic heterocycles. The molecule has 0 aliphatic carbocycles. The first kappa shape index (κ1) is 47.9. The zero-order valence-electron chi connectivity index (χ0n) is 41.6. The maximum absolute atomic E-state index is 7.56. The van der Waals surface area contributed by atoms with E-state index in [-0.39, 0.29) is 5.41 Å². The van der Waals surface area contributed by atoms with Gasteiger partial charge in [-0.15, -0.1) is 0 Å². The third-order valence-corrected chi connectivity index (χ3v) is 14.3. The molecule has 0 spiro atoms. The van der Waals surface area contributed by atoms with E-state index in [1.54, 1.807) is 0 Å². The standard InChI is InChI=1S/C70H54Cl2N2/c1-70(2,3)57-46-58(73(66-40-24-22-38-64(66)71)68-60(51-30-14-6-15-31-51)42-55(49-26-10-4-11-27-49)43-61(68)52-32-16-7-17-33-52)48-59(47-57)74(67-41-25-23-39-65(67)72)69-62(53-34-18-8-19-35-53)44-56(50-28-12-5-13-29-50)45-63(69)54-36-20-9-21-37-54/h4-48H,1-3H3. The fourth-order valence-electron chi connectivity index (χ4n) is 10.0. The van der Waals surface area contributed by atoms with Gasteiger partial charge in [0.15, 0.2) is 0 Å². The molecule has 0 saturated carbocycles. The molecule has 0 bridgehead atoms. The summed E-state index contributed by atoms with van der Waals surface area (Å²) in [5.41, 5.74) is 19.4. The highest BCUT2D eigenvalue weighted by atomic mass is 35.5. The first-order chi connectivity index (χ1) is 36.2. The summed E-state index contributed by atoms with van der Waals surface area (Å²) < 4.78 is 0. The first-order valence-corrected chi connectivity index (χ1v) is 25.9. The molecular weight excluding hydrogens is 940 g/mol. The number of halogens is 2. The van der Waals surface area contributed by atoms with Crippen LogP contribution in [-0.2, 0) is 5.41 Å². The number of anilines is 6. The normalized spacial score (nSPS) is 11.3. The largest absolute Gasteiger partial charge is 0.308 e. The van der Waals surface area contributed by atoms with E-state index < -0.39 is 0 Å². The topological polar surface area (TPSA) is 6.48 Å². The Kier molecular flexibility index (Phi) is 13.6. The van der Waals surface area contributed by atoms with E-state index in [9.17, 15) is 0 Å². The third kappa shape index (κ3) is 9.78. The van der Waals surface area contributed by atoms with Crippen LogP contribution in [0.1, 0.15) is 26.3 Å². The number of rotatable bonds is 12. The second-order valence-corrected chi connectivity index (χ2v) is 20.4. The Morgan fingerprint density at radius 2 is 0.527 bits per heavy atom. The van der Waals surface area contributed by atoms with E-state index in [0.29, 0.717) is 10.0 Å². The first-order valence-electron chi connectivity index (χ1n) is 25.1. The Bertz CT molecular complexity index is 3350. The molecule has 0 aromatic heterocycles. The Hall–Kier alpha value is -8.40. The molecule has 0 atom stereocenters. The molecule has 11 aromatic carbocycles. The van der Waals surface area contributed by atoms with Crippen molar-refractivity contribution in [3.05, 3.63) is 289 Å². The van der Waals surface area contributed by atoms with E-state index in [4.69, 9.17) is 23.2 Å². The zero-order chi connectivity index (χ0) is 50.6. The number of nitrogens with zero attached hydrogens (tertiary/aromatic N) is 2. The van der Waals surface area contributed by atoms with Gasteiger partial charge in [0.05, 0.1) is 32.8 Å². The molecule has 358 valence electrons. The fourth-order valence-corrected chi connectivity index (χ4v) is 10.5. The van der Waals surface area contributed by atoms with Gasteiger partial charge in [-0.1, -0.05) is 250 Å². The average Bonchev–Trinajstić information content (AvgIpc) is 3.45. The van der Waals surface area contributed by atoms with Crippen molar-refractivity contribution < 1.29 is 0 Å². The molecule has 11 rings (SSSR count). The van der Waals surface area contributed by atoms with Crippen LogP contribution < -0.4 is 9.80 Å².